The second kappa shape index (κ2) is 5.31. The van der Waals surface area contributed by atoms with Gasteiger partial charge in [0.1, 0.15) is 11.7 Å². The van der Waals surface area contributed by atoms with Crippen LogP contribution in [0.25, 0.3) is 0 Å². The minimum absolute atomic E-state index is 0.00830. The summed E-state index contributed by atoms with van der Waals surface area (Å²) < 4.78 is 1.51. The molecule has 3 rings (SSSR count). The average Bonchev–Trinajstić information content (AvgIpc) is 2.71. The molecule has 1 aromatic heterocycles. The molecule has 0 aromatic carbocycles. The summed E-state index contributed by atoms with van der Waals surface area (Å²) in [5, 5.41) is 7.40. The van der Waals surface area contributed by atoms with Gasteiger partial charge in [-0.1, -0.05) is 11.6 Å². The van der Waals surface area contributed by atoms with Crippen LogP contribution in [0.1, 0.15) is 16.2 Å². The van der Waals surface area contributed by atoms with Crippen LogP contribution in [0.2, 0.25) is 5.02 Å². The van der Waals surface area contributed by atoms with Crippen molar-refractivity contribution >= 4 is 23.4 Å². The van der Waals surface area contributed by atoms with Crippen molar-refractivity contribution in [1.29, 1.82) is 0 Å². The van der Waals surface area contributed by atoms with Crippen LogP contribution in [0.15, 0.2) is 0 Å². The molecule has 1 N–H and O–H groups in total. The molecule has 21 heavy (non-hydrogen) atoms. The SMILES string of the molecule is Cc1nn(C)c(C(=O)N2CCN3CCNC(=O)[C@H]3C2)c1Cl. The number of fused-ring (bicyclic) bond motifs is 1. The number of hydrogen-bond acceptors (Lipinski definition) is 4. The zero-order valence-corrected chi connectivity index (χ0v) is 12.9. The van der Waals surface area contributed by atoms with Crippen LogP contribution in [-0.2, 0) is 11.8 Å². The third-order valence-corrected chi connectivity index (χ3v) is 4.58. The van der Waals surface area contributed by atoms with Crippen molar-refractivity contribution in [2.75, 3.05) is 32.7 Å². The minimum Gasteiger partial charge on any atom is -0.353 e. The second-order valence-corrected chi connectivity index (χ2v) is 5.84. The van der Waals surface area contributed by atoms with Crippen LogP contribution in [0.3, 0.4) is 0 Å². The highest BCUT2D eigenvalue weighted by molar-refractivity contribution is 6.34. The first-order chi connectivity index (χ1) is 9.99. The Hall–Kier alpha value is -1.60. The Morgan fingerprint density at radius 2 is 2.14 bits per heavy atom. The Bertz CT molecular complexity index is 600. The molecule has 7 nitrogen and oxygen atoms in total. The maximum Gasteiger partial charge on any atom is 0.273 e. The van der Waals surface area contributed by atoms with Gasteiger partial charge in [0.15, 0.2) is 0 Å². The average molecular weight is 312 g/mol. The second-order valence-electron chi connectivity index (χ2n) is 5.47. The lowest BCUT2D eigenvalue weighted by Crippen LogP contribution is -2.64. The molecule has 2 aliphatic heterocycles. The number of aromatic nitrogens is 2. The number of nitrogens with zero attached hydrogens (tertiary/aromatic N) is 4. The minimum atomic E-state index is -0.260. The first-order valence-corrected chi connectivity index (χ1v) is 7.37. The number of hydrogen-bond donors (Lipinski definition) is 1. The third-order valence-electron chi connectivity index (χ3n) is 4.13. The van der Waals surface area contributed by atoms with Crippen LogP contribution in [0.4, 0.5) is 0 Å². The number of rotatable bonds is 1. The molecule has 0 aliphatic carbocycles. The highest BCUT2D eigenvalue weighted by Crippen LogP contribution is 2.22. The normalized spacial score (nSPS) is 22.9. The fraction of sp³-hybridized carbons (Fsp3) is 0.615. The van der Waals surface area contributed by atoms with Gasteiger partial charge in [0, 0.05) is 39.8 Å². The quantitative estimate of drug-likeness (QED) is 0.769. The summed E-state index contributed by atoms with van der Waals surface area (Å²) in [6.45, 7) is 4.98. The molecule has 0 bridgehead atoms. The van der Waals surface area contributed by atoms with E-state index >= 15 is 0 Å². The fourth-order valence-corrected chi connectivity index (χ4v) is 3.22. The molecule has 0 spiro atoms. The van der Waals surface area contributed by atoms with Crippen molar-refractivity contribution < 1.29 is 9.59 Å². The number of halogens is 1. The molecule has 114 valence electrons. The van der Waals surface area contributed by atoms with Gasteiger partial charge in [-0.15, -0.1) is 0 Å². The maximum absolute atomic E-state index is 12.7. The van der Waals surface area contributed by atoms with Gasteiger partial charge >= 0.3 is 0 Å². The summed E-state index contributed by atoms with van der Waals surface area (Å²) in [6.07, 6.45) is 0. The Morgan fingerprint density at radius 3 is 2.81 bits per heavy atom. The Balaban J connectivity index is 1.81. The zero-order chi connectivity index (χ0) is 15.1. The summed E-state index contributed by atoms with van der Waals surface area (Å²) in [4.78, 5) is 28.4. The number of piperazine rings is 2. The monoisotopic (exact) mass is 311 g/mol. The van der Waals surface area contributed by atoms with Gasteiger partial charge in [0.05, 0.1) is 10.7 Å². The maximum atomic E-state index is 12.7. The van der Waals surface area contributed by atoms with E-state index in [0.717, 1.165) is 6.54 Å². The summed E-state index contributed by atoms with van der Waals surface area (Å²) in [6, 6.07) is -0.260. The molecule has 2 amide bonds. The fourth-order valence-electron chi connectivity index (χ4n) is 2.98. The predicted molar refractivity (Wildman–Crippen MR) is 77.2 cm³/mol. The van der Waals surface area contributed by atoms with Gasteiger partial charge in [0.2, 0.25) is 5.91 Å². The van der Waals surface area contributed by atoms with Gasteiger partial charge in [-0.05, 0) is 6.92 Å². The van der Waals surface area contributed by atoms with Crippen LogP contribution in [0, 0.1) is 6.92 Å². The predicted octanol–water partition coefficient (Wildman–Crippen LogP) is -0.362. The van der Waals surface area contributed by atoms with Crippen LogP contribution in [0.5, 0.6) is 0 Å². The molecule has 1 atom stereocenters. The van der Waals surface area contributed by atoms with E-state index in [1.807, 2.05) is 0 Å². The van der Waals surface area contributed by atoms with Crippen molar-refractivity contribution in [3.63, 3.8) is 0 Å². The molecule has 2 aliphatic rings. The highest BCUT2D eigenvalue weighted by Gasteiger charge is 2.37. The van der Waals surface area contributed by atoms with E-state index in [-0.39, 0.29) is 17.9 Å². The summed E-state index contributed by atoms with van der Waals surface area (Å²) in [5.74, 6) is -0.174. The van der Waals surface area contributed by atoms with E-state index in [9.17, 15) is 9.59 Å². The summed E-state index contributed by atoms with van der Waals surface area (Å²) in [5.41, 5.74) is 1.02. The van der Waals surface area contributed by atoms with Crippen molar-refractivity contribution in [3.8, 4) is 0 Å². The van der Waals surface area contributed by atoms with E-state index in [0.29, 0.717) is 42.6 Å². The zero-order valence-electron chi connectivity index (χ0n) is 12.1. The Morgan fingerprint density at radius 1 is 1.38 bits per heavy atom. The third kappa shape index (κ3) is 2.40. The van der Waals surface area contributed by atoms with Gasteiger partial charge in [-0.3, -0.25) is 19.2 Å². The van der Waals surface area contributed by atoms with Crippen molar-refractivity contribution in [3.05, 3.63) is 16.4 Å². The van der Waals surface area contributed by atoms with Gasteiger partial charge < -0.3 is 10.2 Å². The summed E-state index contributed by atoms with van der Waals surface area (Å²) >= 11 is 6.17. The molecule has 2 fully saturated rings. The van der Waals surface area contributed by atoms with E-state index < -0.39 is 0 Å². The van der Waals surface area contributed by atoms with E-state index in [2.05, 4.69) is 15.3 Å². The Labute approximate surface area is 127 Å². The lowest BCUT2D eigenvalue weighted by molar-refractivity contribution is -0.131. The molecule has 8 heteroatoms. The lowest BCUT2D eigenvalue weighted by Gasteiger charge is -2.42. The highest BCUT2D eigenvalue weighted by atomic mass is 35.5. The van der Waals surface area contributed by atoms with Crippen molar-refractivity contribution in [2.45, 2.75) is 13.0 Å². The van der Waals surface area contributed by atoms with E-state index in [1.165, 1.54) is 4.68 Å². The molecule has 2 saturated heterocycles. The van der Waals surface area contributed by atoms with E-state index in [4.69, 9.17) is 11.6 Å². The molecular weight excluding hydrogens is 294 g/mol. The van der Waals surface area contributed by atoms with Crippen LogP contribution >= 0.6 is 11.6 Å². The largest absolute Gasteiger partial charge is 0.353 e. The Kier molecular flexibility index (Phi) is 3.62. The van der Waals surface area contributed by atoms with Crippen LogP contribution in [-0.4, -0.2) is 70.2 Å². The molecule has 3 heterocycles. The lowest BCUT2D eigenvalue weighted by atomic mass is 10.1. The topological polar surface area (TPSA) is 70.5 Å². The van der Waals surface area contributed by atoms with Gasteiger partial charge in [-0.25, -0.2) is 0 Å². The molecule has 0 saturated carbocycles. The summed E-state index contributed by atoms with van der Waals surface area (Å²) in [7, 11) is 1.70. The number of amides is 2. The first kappa shape index (κ1) is 14.3. The number of aryl methyl sites for hydroxylation is 2. The smallest absolute Gasteiger partial charge is 0.273 e. The van der Waals surface area contributed by atoms with Gasteiger partial charge in [-0.2, -0.15) is 5.10 Å². The molecule has 0 unspecified atom stereocenters. The molecule has 0 radical (unpaired) electrons. The molecule has 1 aromatic rings. The number of carbonyl (C=O) groups excluding carboxylic acids is 2. The van der Waals surface area contributed by atoms with Crippen molar-refractivity contribution in [2.24, 2.45) is 7.05 Å². The molecular formula is C13H18ClN5O2. The number of nitrogens with one attached hydrogen (secondary N) is 1. The standard InChI is InChI=1S/C13H18ClN5O2/c1-8-10(14)11(17(2)16-8)13(21)19-6-5-18-4-3-15-12(20)9(18)7-19/h9H,3-7H2,1-2H3,(H,15,20)/t9-/m1/s1. The number of carbonyl (C=O) groups is 2. The van der Waals surface area contributed by atoms with Crippen molar-refractivity contribution in [1.82, 2.24) is 24.9 Å². The van der Waals surface area contributed by atoms with Crippen LogP contribution < -0.4 is 5.32 Å². The first-order valence-electron chi connectivity index (χ1n) is 6.99. The van der Waals surface area contributed by atoms with E-state index in [1.54, 1.807) is 18.9 Å². The van der Waals surface area contributed by atoms with Gasteiger partial charge in [0.25, 0.3) is 5.91 Å².